The van der Waals surface area contributed by atoms with Crippen molar-refractivity contribution in [2.75, 3.05) is 6.61 Å². The van der Waals surface area contributed by atoms with E-state index in [-0.39, 0.29) is 5.91 Å². The Morgan fingerprint density at radius 2 is 2.28 bits per heavy atom. The SMILES string of the molecule is CCOc1ccccc1-c1ncc(C(=O)NN)s1. The summed E-state index contributed by atoms with van der Waals surface area (Å²) in [6.45, 7) is 2.50. The number of amides is 1. The molecule has 1 aromatic heterocycles. The molecule has 0 unspecified atom stereocenters. The fraction of sp³-hybridized carbons (Fsp3) is 0.167. The van der Waals surface area contributed by atoms with E-state index < -0.39 is 0 Å². The molecule has 18 heavy (non-hydrogen) atoms. The number of thiazole rings is 1. The van der Waals surface area contributed by atoms with Gasteiger partial charge >= 0.3 is 0 Å². The summed E-state index contributed by atoms with van der Waals surface area (Å²) in [4.78, 5) is 16.1. The Morgan fingerprint density at radius 3 is 3.00 bits per heavy atom. The number of ether oxygens (including phenoxy) is 1. The molecule has 1 amide bonds. The quantitative estimate of drug-likeness (QED) is 0.501. The highest BCUT2D eigenvalue weighted by atomic mass is 32.1. The topological polar surface area (TPSA) is 77.2 Å². The number of nitrogens with two attached hydrogens (primary N) is 1. The number of carbonyl (C=O) groups excluding carboxylic acids is 1. The number of carbonyl (C=O) groups is 1. The number of benzene rings is 1. The van der Waals surface area contributed by atoms with E-state index in [0.29, 0.717) is 11.5 Å². The van der Waals surface area contributed by atoms with Crippen LogP contribution >= 0.6 is 11.3 Å². The average molecular weight is 263 g/mol. The van der Waals surface area contributed by atoms with Gasteiger partial charge in [-0.1, -0.05) is 12.1 Å². The smallest absolute Gasteiger partial charge is 0.276 e. The summed E-state index contributed by atoms with van der Waals surface area (Å²) in [5, 5.41) is 0.734. The Kier molecular flexibility index (Phi) is 3.91. The molecule has 0 fully saturated rings. The van der Waals surface area contributed by atoms with Gasteiger partial charge in [-0.2, -0.15) is 0 Å². The van der Waals surface area contributed by atoms with Crippen LogP contribution in [0.4, 0.5) is 0 Å². The monoisotopic (exact) mass is 263 g/mol. The van der Waals surface area contributed by atoms with Crippen molar-refractivity contribution in [2.24, 2.45) is 5.84 Å². The summed E-state index contributed by atoms with van der Waals surface area (Å²) in [7, 11) is 0. The molecule has 0 radical (unpaired) electrons. The number of hydrogen-bond donors (Lipinski definition) is 2. The molecule has 0 aliphatic heterocycles. The fourth-order valence-electron chi connectivity index (χ4n) is 1.50. The molecule has 2 aromatic rings. The van der Waals surface area contributed by atoms with E-state index >= 15 is 0 Å². The van der Waals surface area contributed by atoms with Crippen LogP contribution in [-0.4, -0.2) is 17.5 Å². The van der Waals surface area contributed by atoms with Gasteiger partial charge < -0.3 is 4.74 Å². The van der Waals surface area contributed by atoms with Crippen LogP contribution < -0.4 is 16.0 Å². The number of nitrogens with zero attached hydrogens (tertiary/aromatic N) is 1. The summed E-state index contributed by atoms with van der Waals surface area (Å²) in [5.74, 6) is 5.50. The van der Waals surface area contributed by atoms with Crippen molar-refractivity contribution >= 4 is 17.2 Å². The second-order valence-electron chi connectivity index (χ2n) is 3.43. The molecular formula is C12H13N3O2S. The average Bonchev–Trinajstić information content (AvgIpc) is 2.88. The first-order valence-electron chi connectivity index (χ1n) is 5.45. The van der Waals surface area contributed by atoms with Crippen LogP contribution in [0.15, 0.2) is 30.5 Å². The number of nitrogens with one attached hydrogen (secondary N) is 1. The lowest BCUT2D eigenvalue weighted by Crippen LogP contribution is -2.29. The first kappa shape index (κ1) is 12.5. The van der Waals surface area contributed by atoms with Gasteiger partial charge in [0.05, 0.1) is 18.4 Å². The van der Waals surface area contributed by atoms with Gasteiger partial charge in [0, 0.05) is 0 Å². The molecule has 0 aliphatic carbocycles. The summed E-state index contributed by atoms with van der Waals surface area (Å²) in [5.41, 5.74) is 2.96. The van der Waals surface area contributed by atoms with Gasteiger partial charge in [-0.25, -0.2) is 10.8 Å². The van der Waals surface area contributed by atoms with E-state index in [0.717, 1.165) is 16.3 Å². The van der Waals surface area contributed by atoms with Crippen molar-refractivity contribution in [3.8, 4) is 16.3 Å². The van der Waals surface area contributed by atoms with Gasteiger partial charge in [-0.05, 0) is 19.1 Å². The minimum absolute atomic E-state index is 0.340. The molecule has 0 atom stereocenters. The molecule has 6 heteroatoms. The second-order valence-corrected chi connectivity index (χ2v) is 4.46. The fourth-order valence-corrected chi connectivity index (χ4v) is 2.35. The minimum atomic E-state index is -0.340. The van der Waals surface area contributed by atoms with Crippen LogP contribution in [0.5, 0.6) is 5.75 Å². The Bertz CT molecular complexity index is 554. The summed E-state index contributed by atoms with van der Waals surface area (Å²) >= 11 is 1.28. The zero-order valence-corrected chi connectivity index (χ0v) is 10.7. The van der Waals surface area contributed by atoms with E-state index in [1.807, 2.05) is 31.2 Å². The van der Waals surface area contributed by atoms with Crippen molar-refractivity contribution in [3.63, 3.8) is 0 Å². The van der Waals surface area contributed by atoms with E-state index in [1.165, 1.54) is 17.5 Å². The predicted molar refractivity (Wildman–Crippen MR) is 70.4 cm³/mol. The lowest BCUT2D eigenvalue weighted by Gasteiger charge is -2.06. The molecule has 0 saturated carbocycles. The Morgan fingerprint density at radius 1 is 1.50 bits per heavy atom. The highest BCUT2D eigenvalue weighted by molar-refractivity contribution is 7.16. The van der Waals surface area contributed by atoms with Gasteiger partial charge in [0.2, 0.25) is 0 Å². The molecule has 1 heterocycles. The van der Waals surface area contributed by atoms with Gasteiger partial charge in [0.15, 0.2) is 0 Å². The normalized spacial score (nSPS) is 10.1. The third-order valence-electron chi connectivity index (χ3n) is 2.28. The summed E-state index contributed by atoms with van der Waals surface area (Å²) < 4.78 is 5.53. The van der Waals surface area contributed by atoms with Crippen molar-refractivity contribution in [2.45, 2.75) is 6.92 Å². The molecule has 0 bridgehead atoms. The summed E-state index contributed by atoms with van der Waals surface area (Å²) in [6.07, 6.45) is 1.50. The van der Waals surface area contributed by atoms with Crippen LogP contribution in [-0.2, 0) is 0 Å². The zero-order valence-electron chi connectivity index (χ0n) is 9.84. The van der Waals surface area contributed by atoms with E-state index in [9.17, 15) is 4.79 Å². The maximum absolute atomic E-state index is 11.4. The van der Waals surface area contributed by atoms with Gasteiger partial charge in [0.25, 0.3) is 5.91 Å². The molecule has 1 aromatic carbocycles. The van der Waals surface area contributed by atoms with Crippen molar-refractivity contribution < 1.29 is 9.53 Å². The molecule has 0 spiro atoms. The van der Waals surface area contributed by atoms with Gasteiger partial charge in [-0.3, -0.25) is 10.2 Å². The van der Waals surface area contributed by atoms with Gasteiger partial charge in [-0.15, -0.1) is 11.3 Å². The number of aromatic nitrogens is 1. The largest absolute Gasteiger partial charge is 0.493 e. The van der Waals surface area contributed by atoms with Gasteiger partial charge in [0.1, 0.15) is 15.6 Å². The maximum atomic E-state index is 11.4. The Labute approximate surface area is 109 Å². The second kappa shape index (κ2) is 5.61. The number of para-hydroxylation sites is 1. The summed E-state index contributed by atoms with van der Waals surface area (Å²) in [6, 6.07) is 7.59. The third-order valence-corrected chi connectivity index (χ3v) is 3.31. The standard InChI is InChI=1S/C12H13N3O2S/c1-2-17-9-6-4-3-5-8(9)12-14-7-10(18-12)11(16)15-13/h3-7H,2,13H2,1H3,(H,15,16). The Hall–Kier alpha value is -1.92. The van der Waals surface area contributed by atoms with Crippen LogP contribution in [0.2, 0.25) is 0 Å². The van der Waals surface area contributed by atoms with Crippen LogP contribution in [0.3, 0.4) is 0 Å². The third kappa shape index (κ3) is 2.49. The molecule has 0 saturated heterocycles. The van der Waals surface area contributed by atoms with E-state index in [4.69, 9.17) is 10.6 Å². The van der Waals surface area contributed by atoms with Crippen molar-refractivity contribution in [1.82, 2.24) is 10.4 Å². The van der Waals surface area contributed by atoms with Crippen LogP contribution in [0.1, 0.15) is 16.6 Å². The lowest BCUT2D eigenvalue weighted by molar-refractivity contribution is 0.0957. The maximum Gasteiger partial charge on any atom is 0.276 e. The first-order chi connectivity index (χ1) is 8.76. The highest BCUT2D eigenvalue weighted by Crippen LogP contribution is 2.32. The van der Waals surface area contributed by atoms with Crippen LogP contribution in [0.25, 0.3) is 10.6 Å². The van der Waals surface area contributed by atoms with Crippen molar-refractivity contribution in [1.29, 1.82) is 0 Å². The lowest BCUT2D eigenvalue weighted by atomic mass is 10.2. The molecule has 2 rings (SSSR count). The number of nitrogen functional groups attached to an aromatic ring is 1. The number of hydrogen-bond acceptors (Lipinski definition) is 5. The number of rotatable bonds is 4. The predicted octanol–water partition coefficient (Wildman–Crippen LogP) is 1.81. The van der Waals surface area contributed by atoms with Crippen LogP contribution in [0, 0.1) is 0 Å². The molecule has 94 valence electrons. The van der Waals surface area contributed by atoms with Crippen molar-refractivity contribution in [3.05, 3.63) is 35.3 Å². The molecule has 3 N–H and O–H groups in total. The highest BCUT2D eigenvalue weighted by Gasteiger charge is 2.13. The van der Waals surface area contributed by atoms with E-state index in [1.54, 1.807) is 0 Å². The minimum Gasteiger partial charge on any atom is -0.493 e. The molecule has 0 aliphatic rings. The zero-order chi connectivity index (χ0) is 13.0. The number of hydrazine groups is 1. The molecule has 5 nitrogen and oxygen atoms in total. The Balaban J connectivity index is 2.36. The molecular weight excluding hydrogens is 250 g/mol. The first-order valence-corrected chi connectivity index (χ1v) is 6.27. The van der Waals surface area contributed by atoms with E-state index in [2.05, 4.69) is 10.4 Å².